The smallest absolute Gasteiger partial charge is 0.416 e. The van der Waals surface area contributed by atoms with Crippen LogP contribution in [0.15, 0.2) is 24.3 Å². The van der Waals surface area contributed by atoms with Crippen LogP contribution in [0.2, 0.25) is 0 Å². The van der Waals surface area contributed by atoms with E-state index in [-0.39, 0.29) is 18.2 Å². The average Bonchev–Trinajstić information content (AvgIpc) is 2.35. The summed E-state index contributed by atoms with van der Waals surface area (Å²) in [6.45, 7) is 2.39. The standard InChI is InChI=1S/C13H16F3NO2/c1-2-18-12-10(17)7-11(12)19-9-5-3-8(4-6-9)13(14,15)16/h3-6,10-12H,2,7,17H2,1H3. The van der Waals surface area contributed by atoms with Crippen LogP contribution < -0.4 is 10.5 Å². The van der Waals surface area contributed by atoms with Gasteiger partial charge in [-0.2, -0.15) is 13.2 Å². The van der Waals surface area contributed by atoms with Crippen LogP contribution in [0.3, 0.4) is 0 Å². The third kappa shape index (κ3) is 3.19. The Morgan fingerprint density at radius 2 is 1.89 bits per heavy atom. The molecule has 19 heavy (non-hydrogen) atoms. The summed E-state index contributed by atoms with van der Waals surface area (Å²) in [6.07, 6.45) is -4.06. The molecule has 1 fully saturated rings. The number of hydrogen-bond acceptors (Lipinski definition) is 3. The number of nitrogens with two attached hydrogens (primary N) is 1. The Balaban J connectivity index is 1.97. The van der Waals surface area contributed by atoms with Gasteiger partial charge in [0, 0.05) is 19.1 Å². The summed E-state index contributed by atoms with van der Waals surface area (Å²) in [5, 5.41) is 0. The third-order valence-corrected chi connectivity index (χ3v) is 3.12. The monoisotopic (exact) mass is 275 g/mol. The van der Waals surface area contributed by atoms with E-state index >= 15 is 0 Å². The van der Waals surface area contributed by atoms with Crippen molar-refractivity contribution in [1.82, 2.24) is 0 Å². The van der Waals surface area contributed by atoms with E-state index in [2.05, 4.69) is 0 Å². The molecule has 0 spiro atoms. The SMILES string of the molecule is CCOC1C(N)CC1Oc1ccc(C(F)(F)F)cc1. The van der Waals surface area contributed by atoms with Crippen LogP contribution >= 0.6 is 0 Å². The lowest BCUT2D eigenvalue weighted by Gasteiger charge is -2.41. The maximum atomic E-state index is 12.4. The minimum atomic E-state index is -4.33. The number of hydrogen-bond donors (Lipinski definition) is 1. The van der Waals surface area contributed by atoms with Gasteiger partial charge in [0.25, 0.3) is 0 Å². The first-order valence-electron chi connectivity index (χ1n) is 6.13. The van der Waals surface area contributed by atoms with E-state index in [0.717, 1.165) is 12.1 Å². The summed E-state index contributed by atoms with van der Waals surface area (Å²) in [5.41, 5.74) is 5.09. The maximum absolute atomic E-state index is 12.4. The van der Waals surface area contributed by atoms with Crippen molar-refractivity contribution >= 4 is 0 Å². The molecule has 0 aromatic heterocycles. The molecule has 1 aromatic rings. The lowest BCUT2D eigenvalue weighted by atomic mass is 9.86. The second kappa shape index (κ2) is 5.38. The van der Waals surface area contributed by atoms with Gasteiger partial charge in [-0.05, 0) is 31.2 Å². The third-order valence-electron chi connectivity index (χ3n) is 3.12. The van der Waals surface area contributed by atoms with Gasteiger partial charge < -0.3 is 15.2 Å². The van der Waals surface area contributed by atoms with Gasteiger partial charge in [0.05, 0.1) is 5.56 Å². The van der Waals surface area contributed by atoms with E-state index in [9.17, 15) is 13.2 Å². The number of alkyl halides is 3. The molecule has 0 aliphatic heterocycles. The van der Waals surface area contributed by atoms with Crippen LogP contribution in [0.4, 0.5) is 13.2 Å². The highest BCUT2D eigenvalue weighted by atomic mass is 19.4. The molecule has 1 saturated carbocycles. The van der Waals surface area contributed by atoms with Gasteiger partial charge in [-0.3, -0.25) is 0 Å². The van der Waals surface area contributed by atoms with Crippen LogP contribution in [0, 0.1) is 0 Å². The molecule has 106 valence electrons. The summed E-state index contributed by atoms with van der Waals surface area (Å²) in [7, 11) is 0. The highest BCUT2D eigenvalue weighted by Crippen LogP contribution is 2.32. The van der Waals surface area contributed by atoms with Crippen LogP contribution in [0.1, 0.15) is 18.9 Å². The van der Waals surface area contributed by atoms with Crippen molar-refractivity contribution in [3.05, 3.63) is 29.8 Å². The molecule has 1 aliphatic rings. The van der Waals surface area contributed by atoms with Crippen LogP contribution in [-0.4, -0.2) is 24.9 Å². The van der Waals surface area contributed by atoms with Gasteiger partial charge in [-0.15, -0.1) is 0 Å². The highest BCUT2D eigenvalue weighted by molar-refractivity contribution is 5.29. The first-order chi connectivity index (χ1) is 8.91. The first kappa shape index (κ1) is 14.1. The molecule has 1 aliphatic carbocycles. The molecular formula is C13H16F3NO2. The maximum Gasteiger partial charge on any atom is 0.416 e. The van der Waals surface area contributed by atoms with Gasteiger partial charge >= 0.3 is 6.18 Å². The fourth-order valence-electron chi connectivity index (χ4n) is 2.05. The van der Waals surface area contributed by atoms with Crippen molar-refractivity contribution in [1.29, 1.82) is 0 Å². The van der Waals surface area contributed by atoms with Crippen molar-refractivity contribution in [3.63, 3.8) is 0 Å². The van der Waals surface area contributed by atoms with Crippen LogP contribution in [-0.2, 0) is 10.9 Å². The summed E-state index contributed by atoms with van der Waals surface area (Å²) in [4.78, 5) is 0. The second-order valence-electron chi connectivity index (χ2n) is 4.50. The predicted molar refractivity (Wildman–Crippen MR) is 63.9 cm³/mol. The van der Waals surface area contributed by atoms with Gasteiger partial charge in [0.1, 0.15) is 18.0 Å². The van der Waals surface area contributed by atoms with Crippen LogP contribution in [0.25, 0.3) is 0 Å². The zero-order valence-corrected chi connectivity index (χ0v) is 10.5. The van der Waals surface area contributed by atoms with Crippen molar-refractivity contribution in [3.8, 4) is 5.75 Å². The van der Waals surface area contributed by atoms with E-state index < -0.39 is 11.7 Å². The molecule has 0 amide bonds. The lowest BCUT2D eigenvalue weighted by molar-refractivity contribution is -0.137. The Hall–Kier alpha value is -1.27. The van der Waals surface area contributed by atoms with E-state index in [1.807, 2.05) is 6.92 Å². The summed E-state index contributed by atoms with van der Waals surface area (Å²) >= 11 is 0. The first-order valence-corrected chi connectivity index (χ1v) is 6.13. The average molecular weight is 275 g/mol. The molecule has 2 N–H and O–H groups in total. The second-order valence-corrected chi connectivity index (χ2v) is 4.50. The molecule has 0 bridgehead atoms. The topological polar surface area (TPSA) is 44.5 Å². The number of rotatable bonds is 4. The molecule has 0 heterocycles. The number of benzene rings is 1. The Morgan fingerprint density at radius 3 is 2.37 bits per heavy atom. The van der Waals surface area contributed by atoms with Gasteiger partial charge in [0.2, 0.25) is 0 Å². The van der Waals surface area contributed by atoms with Crippen molar-refractivity contribution in [2.45, 2.75) is 37.8 Å². The molecule has 2 rings (SSSR count). The Morgan fingerprint density at radius 1 is 1.26 bits per heavy atom. The molecule has 6 heteroatoms. The van der Waals surface area contributed by atoms with Crippen molar-refractivity contribution in [2.24, 2.45) is 5.73 Å². The Labute approximate surface area is 109 Å². The highest BCUT2D eigenvalue weighted by Gasteiger charge is 2.41. The minimum Gasteiger partial charge on any atom is -0.488 e. The van der Waals surface area contributed by atoms with Gasteiger partial charge in [0.15, 0.2) is 0 Å². The molecule has 3 unspecified atom stereocenters. The Kier molecular flexibility index (Phi) is 4.01. The van der Waals surface area contributed by atoms with E-state index in [0.29, 0.717) is 18.8 Å². The van der Waals surface area contributed by atoms with E-state index in [4.69, 9.17) is 15.2 Å². The fraction of sp³-hybridized carbons (Fsp3) is 0.538. The Bertz CT molecular complexity index is 419. The summed E-state index contributed by atoms with van der Waals surface area (Å²) in [6, 6.07) is 4.57. The van der Waals surface area contributed by atoms with E-state index in [1.54, 1.807) is 0 Å². The van der Waals surface area contributed by atoms with E-state index in [1.165, 1.54) is 12.1 Å². The summed E-state index contributed by atoms with van der Waals surface area (Å²) in [5.74, 6) is 0.398. The largest absolute Gasteiger partial charge is 0.488 e. The quantitative estimate of drug-likeness (QED) is 0.918. The van der Waals surface area contributed by atoms with Crippen molar-refractivity contribution < 1.29 is 22.6 Å². The lowest BCUT2D eigenvalue weighted by Crippen LogP contribution is -2.59. The molecule has 0 saturated heterocycles. The molecule has 3 nitrogen and oxygen atoms in total. The number of halogens is 3. The van der Waals surface area contributed by atoms with Gasteiger partial charge in [-0.25, -0.2) is 0 Å². The van der Waals surface area contributed by atoms with Gasteiger partial charge in [-0.1, -0.05) is 0 Å². The zero-order chi connectivity index (χ0) is 14.0. The van der Waals surface area contributed by atoms with Crippen molar-refractivity contribution in [2.75, 3.05) is 6.61 Å². The molecule has 1 aromatic carbocycles. The summed E-state index contributed by atoms with van der Waals surface area (Å²) < 4.78 is 48.2. The van der Waals surface area contributed by atoms with Crippen LogP contribution in [0.5, 0.6) is 5.75 Å². The normalized spacial score (nSPS) is 26.9. The molecule has 3 atom stereocenters. The fourth-order valence-corrected chi connectivity index (χ4v) is 2.05. The number of ether oxygens (including phenoxy) is 2. The predicted octanol–water partition coefficient (Wildman–Crippen LogP) is 2.59. The minimum absolute atomic E-state index is 0.0700. The molecular weight excluding hydrogens is 259 g/mol. The molecule has 0 radical (unpaired) electrons. The zero-order valence-electron chi connectivity index (χ0n) is 10.5.